The Balaban J connectivity index is 1.62. The van der Waals surface area contributed by atoms with Crippen molar-refractivity contribution in [3.8, 4) is 6.07 Å². The average Bonchev–Trinajstić information content (AvgIpc) is 2.64. The van der Waals surface area contributed by atoms with Crippen LogP contribution in [0.15, 0.2) is 6.20 Å². The number of nitrogens with zero attached hydrogens (tertiary/aromatic N) is 3. The van der Waals surface area contributed by atoms with Gasteiger partial charge in [0.2, 0.25) is 5.95 Å². The molecule has 0 bridgehead atoms. The van der Waals surface area contributed by atoms with Crippen molar-refractivity contribution in [2.45, 2.75) is 75.7 Å². The zero-order valence-electron chi connectivity index (χ0n) is 14.7. The molecule has 1 aromatic rings. The van der Waals surface area contributed by atoms with Crippen LogP contribution in [-0.2, 0) is 4.74 Å². The lowest BCUT2D eigenvalue weighted by atomic mass is 9.93. The lowest BCUT2D eigenvalue weighted by Gasteiger charge is -2.29. The van der Waals surface area contributed by atoms with E-state index >= 15 is 0 Å². The van der Waals surface area contributed by atoms with Gasteiger partial charge in [-0.25, -0.2) is 4.98 Å². The molecule has 0 atom stereocenters. The molecule has 0 spiro atoms. The maximum atomic E-state index is 9.63. The molecule has 3 rings (SSSR count). The van der Waals surface area contributed by atoms with E-state index < -0.39 is 0 Å². The van der Waals surface area contributed by atoms with E-state index in [2.05, 4.69) is 26.7 Å². The molecule has 1 heterocycles. The number of methoxy groups -OCH3 is 1. The number of aromatic nitrogens is 2. The lowest BCUT2D eigenvalue weighted by molar-refractivity contribution is 0.0681. The van der Waals surface area contributed by atoms with Gasteiger partial charge in [-0.05, 0) is 51.4 Å². The highest BCUT2D eigenvalue weighted by Gasteiger charge is 2.23. The Labute approximate surface area is 148 Å². The van der Waals surface area contributed by atoms with Crippen molar-refractivity contribution in [2.75, 3.05) is 17.7 Å². The van der Waals surface area contributed by atoms with Crippen LogP contribution in [0.2, 0.25) is 0 Å². The molecule has 0 saturated heterocycles. The van der Waals surface area contributed by atoms with E-state index in [-0.39, 0.29) is 12.1 Å². The monoisotopic (exact) mass is 345 g/mol. The summed E-state index contributed by atoms with van der Waals surface area (Å²) in [5.41, 5.74) is 0.458. The van der Waals surface area contributed by atoms with Crippen LogP contribution in [0, 0.1) is 11.3 Å². The molecule has 7 nitrogen and oxygen atoms in total. The molecule has 7 heteroatoms. The highest BCUT2D eigenvalue weighted by Crippen LogP contribution is 2.25. The first kappa shape index (κ1) is 17.9. The first-order chi connectivity index (χ1) is 12.2. The van der Waals surface area contributed by atoms with Crippen molar-refractivity contribution in [1.29, 1.82) is 5.26 Å². The molecule has 3 N–H and O–H groups in total. The second kappa shape index (κ2) is 8.45. The van der Waals surface area contributed by atoms with Crippen molar-refractivity contribution in [3.63, 3.8) is 0 Å². The van der Waals surface area contributed by atoms with Gasteiger partial charge in [0.25, 0.3) is 0 Å². The summed E-state index contributed by atoms with van der Waals surface area (Å²) in [6, 6.07) is 2.75. The van der Waals surface area contributed by atoms with Gasteiger partial charge in [-0.3, -0.25) is 0 Å². The van der Waals surface area contributed by atoms with E-state index in [0.29, 0.717) is 29.5 Å². The molecule has 0 amide bonds. The van der Waals surface area contributed by atoms with Crippen LogP contribution in [0.3, 0.4) is 0 Å². The summed E-state index contributed by atoms with van der Waals surface area (Å²) in [6.07, 6.45) is 9.25. The molecule has 0 unspecified atom stereocenters. The van der Waals surface area contributed by atoms with E-state index in [1.165, 1.54) is 0 Å². The van der Waals surface area contributed by atoms with Gasteiger partial charge in [-0.1, -0.05) is 0 Å². The van der Waals surface area contributed by atoms with Gasteiger partial charge in [-0.15, -0.1) is 0 Å². The van der Waals surface area contributed by atoms with Gasteiger partial charge in [0, 0.05) is 19.2 Å². The first-order valence-corrected chi connectivity index (χ1v) is 9.19. The van der Waals surface area contributed by atoms with Crippen LogP contribution < -0.4 is 10.6 Å². The number of aliphatic hydroxyl groups is 1. The van der Waals surface area contributed by atoms with Crippen LogP contribution in [0.25, 0.3) is 0 Å². The average molecular weight is 345 g/mol. The van der Waals surface area contributed by atoms with Crippen LogP contribution in [-0.4, -0.2) is 46.5 Å². The summed E-state index contributed by atoms with van der Waals surface area (Å²) < 4.78 is 5.41. The molecule has 1 aromatic heterocycles. The molecule has 0 radical (unpaired) electrons. The van der Waals surface area contributed by atoms with Gasteiger partial charge >= 0.3 is 0 Å². The largest absolute Gasteiger partial charge is 0.393 e. The number of nitriles is 1. The van der Waals surface area contributed by atoms with Gasteiger partial charge in [-0.2, -0.15) is 10.2 Å². The third-order valence-corrected chi connectivity index (χ3v) is 5.29. The molecule has 2 aliphatic rings. The molecule has 25 heavy (non-hydrogen) atoms. The number of hydrogen-bond donors (Lipinski definition) is 3. The zero-order chi connectivity index (χ0) is 17.6. The van der Waals surface area contributed by atoms with Crippen molar-refractivity contribution < 1.29 is 9.84 Å². The number of rotatable bonds is 5. The highest BCUT2D eigenvalue weighted by molar-refractivity contribution is 5.54. The van der Waals surface area contributed by atoms with Crippen LogP contribution in [0.1, 0.15) is 56.9 Å². The Morgan fingerprint density at radius 1 is 1.08 bits per heavy atom. The van der Waals surface area contributed by atoms with E-state index in [1.54, 1.807) is 13.3 Å². The minimum atomic E-state index is -0.196. The Kier molecular flexibility index (Phi) is 6.05. The number of nitrogens with one attached hydrogen (secondary N) is 2. The minimum Gasteiger partial charge on any atom is -0.393 e. The second-order valence-corrected chi connectivity index (χ2v) is 7.07. The molecular formula is C18H27N5O2. The number of anilines is 2. The number of aliphatic hydroxyl groups excluding tert-OH is 1. The maximum absolute atomic E-state index is 9.63. The number of hydrogen-bond acceptors (Lipinski definition) is 7. The topological polar surface area (TPSA) is 103 Å². The summed E-state index contributed by atoms with van der Waals surface area (Å²) in [5, 5.41) is 25.7. The molecule has 0 aromatic carbocycles. The molecule has 0 aliphatic heterocycles. The summed E-state index contributed by atoms with van der Waals surface area (Å²) >= 11 is 0. The van der Waals surface area contributed by atoms with Crippen LogP contribution in [0.5, 0.6) is 0 Å². The second-order valence-electron chi connectivity index (χ2n) is 7.07. The van der Waals surface area contributed by atoms with E-state index in [4.69, 9.17) is 4.74 Å². The quantitative estimate of drug-likeness (QED) is 0.753. The first-order valence-electron chi connectivity index (χ1n) is 9.19. The van der Waals surface area contributed by atoms with Gasteiger partial charge in [0.15, 0.2) is 0 Å². The van der Waals surface area contributed by atoms with Gasteiger partial charge in [0.1, 0.15) is 17.5 Å². The fourth-order valence-electron chi connectivity index (χ4n) is 3.68. The lowest BCUT2D eigenvalue weighted by Crippen LogP contribution is -2.31. The zero-order valence-corrected chi connectivity index (χ0v) is 14.7. The standard InChI is InChI=1S/C18H27N5O2/c1-25-16-8-4-14(5-9-16)22-18-20-11-12(10-19)17(23-18)21-13-2-6-15(24)7-3-13/h11,13-16,24H,2-9H2,1H3,(H2,20,21,22,23)/t13-,14-,15+,16-. The SMILES string of the molecule is CO[C@H]1CC[C@H](Nc2ncc(C#N)c(N[C@H]3CC[C@@H](O)CC3)n2)CC1. The molecular weight excluding hydrogens is 318 g/mol. The summed E-state index contributed by atoms with van der Waals surface area (Å²) in [4.78, 5) is 8.83. The Morgan fingerprint density at radius 3 is 2.36 bits per heavy atom. The number of ether oxygens (including phenoxy) is 1. The highest BCUT2D eigenvalue weighted by atomic mass is 16.5. The molecule has 2 aliphatic carbocycles. The van der Waals surface area contributed by atoms with Crippen LogP contribution >= 0.6 is 0 Å². The third-order valence-electron chi connectivity index (χ3n) is 5.29. The van der Waals surface area contributed by atoms with Crippen molar-refractivity contribution >= 4 is 11.8 Å². The fraction of sp³-hybridized carbons (Fsp3) is 0.722. The fourth-order valence-corrected chi connectivity index (χ4v) is 3.68. The maximum Gasteiger partial charge on any atom is 0.224 e. The Bertz CT molecular complexity index is 602. The molecule has 2 saturated carbocycles. The smallest absolute Gasteiger partial charge is 0.224 e. The predicted molar refractivity (Wildman–Crippen MR) is 95.3 cm³/mol. The van der Waals surface area contributed by atoms with Gasteiger partial charge in [0.05, 0.1) is 18.4 Å². The Hall–Kier alpha value is -1.91. The van der Waals surface area contributed by atoms with Crippen molar-refractivity contribution in [2.24, 2.45) is 0 Å². The van der Waals surface area contributed by atoms with Crippen LogP contribution in [0.4, 0.5) is 11.8 Å². The molecule has 136 valence electrons. The summed E-state index contributed by atoms with van der Waals surface area (Å²) in [6.45, 7) is 0. The van der Waals surface area contributed by atoms with E-state index in [9.17, 15) is 10.4 Å². The van der Waals surface area contributed by atoms with Gasteiger partial charge < -0.3 is 20.5 Å². The van der Waals surface area contributed by atoms with Crippen molar-refractivity contribution in [3.05, 3.63) is 11.8 Å². The summed E-state index contributed by atoms with van der Waals surface area (Å²) in [5.74, 6) is 1.16. The normalized spacial score (nSPS) is 29.6. The molecule has 2 fully saturated rings. The Morgan fingerprint density at radius 2 is 1.72 bits per heavy atom. The van der Waals surface area contributed by atoms with Crippen molar-refractivity contribution in [1.82, 2.24) is 9.97 Å². The predicted octanol–water partition coefficient (Wildman–Crippen LogP) is 2.43. The third kappa shape index (κ3) is 4.80. The van der Waals surface area contributed by atoms with E-state index in [1.807, 2.05) is 0 Å². The minimum absolute atomic E-state index is 0.196. The van der Waals surface area contributed by atoms with E-state index in [0.717, 1.165) is 51.4 Å². The summed E-state index contributed by atoms with van der Waals surface area (Å²) in [7, 11) is 1.77.